The zero-order valence-electron chi connectivity index (χ0n) is 12.0. The monoisotopic (exact) mass is 287 g/mol. The molecule has 1 aliphatic rings. The van der Waals surface area contributed by atoms with Crippen LogP contribution in [-0.4, -0.2) is 36.5 Å². The highest BCUT2D eigenvalue weighted by atomic mass is 16.2. The van der Waals surface area contributed by atoms with Crippen LogP contribution in [0.25, 0.3) is 5.57 Å². The second kappa shape index (κ2) is 7.59. The van der Waals surface area contributed by atoms with Gasteiger partial charge in [0.05, 0.1) is 0 Å². The van der Waals surface area contributed by atoms with Crippen molar-refractivity contribution >= 4 is 17.5 Å². The maximum Gasteiger partial charge on any atom is 0.318 e. The number of amides is 3. The Morgan fingerprint density at radius 1 is 1.24 bits per heavy atom. The molecule has 1 aromatic rings. The van der Waals surface area contributed by atoms with Crippen molar-refractivity contribution in [2.75, 3.05) is 19.6 Å². The van der Waals surface area contributed by atoms with E-state index in [-0.39, 0.29) is 5.91 Å². The summed E-state index contributed by atoms with van der Waals surface area (Å²) in [5, 5.41) is 2.08. The van der Waals surface area contributed by atoms with Gasteiger partial charge in [0.15, 0.2) is 0 Å². The summed E-state index contributed by atoms with van der Waals surface area (Å²) < 4.78 is 0. The molecular weight excluding hydrogens is 266 g/mol. The van der Waals surface area contributed by atoms with Crippen LogP contribution in [0.1, 0.15) is 24.8 Å². The Morgan fingerprint density at radius 3 is 2.62 bits per heavy atom. The van der Waals surface area contributed by atoms with Crippen molar-refractivity contribution in [3.8, 4) is 0 Å². The third-order valence-corrected chi connectivity index (χ3v) is 3.58. The topological polar surface area (TPSA) is 75.4 Å². The predicted octanol–water partition coefficient (Wildman–Crippen LogP) is 1.75. The Hall–Kier alpha value is -2.14. The molecule has 2 rings (SSSR count). The number of nitrogens with two attached hydrogens (primary N) is 1. The maximum absolute atomic E-state index is 11.3. The third kappa shape index (κ3) is 5.04. The van der Waals surface area contributed by atoms with E-state index in [0.29, 0.717) is 6.42 Å². The minimum atomic E-state index is -0.784. The molecule has 0 saturated heterocycles. The molecule has 0 aliphatic carbocycles. The number of carbonyl (C=O) groups excluding carboxylic acids is 2. The van der Waals surface area contributed by atoms with Crippen LogP contribution in [0.4, 0.5) is 4.79 Å². The number of nitrogens with one attached hydrogen (secondary N) is 1. The smallest absolute Gasteiger partial charge is 0.318 e. The number of hydrogen-bond acceptors (Lipinski definition) is 3. The molecule has 1 aromatic carbocycles. The largest absolute Gasteiger partial charge is 0.351 e. The molecule has 0 bridgehead atoms. The zero-order valence-corrected chi connectivity index (χ0v) is 12.0. The molecule has 3 amide bonds. The van der Waals surface area contributed by atoms with Crippen LogP contribution in [0.2, 0.25) is 0 Å². The summed E-state index contributed by atoms with van der Waals surface area (Å²) in [6.07, 6.45) is 4.34. The number of imide groups is 1. The number of rotatable bonds is 5. The van der Waals surface area contributed by atoms with Crippen LogP contribution in [-0.2, 0) is 4.79 Å². The second-order valence-corrected chi connectivity index (χ2v) is 5.16. The van der Waals surface area contributed by atoms with Gasteiger partial charge in [0, 0.05) is 19.5 Å². The summed E-state index contributed by atoms with van der Waals surface area (Å²) in [6.45, 7) is 2.75. The van der Waals surface area contributed by atoms with E-state index in [1.165, 1.54) is 11.1 Å². The van der Waals surface area contributed by atoms with E-state index < -0.39 is 6.03 Å². The van der Waals surface area contributed by atoms with Gasteiger partial charge >= 0.3 is 6.03 Å². The average Bonchev–Trinajstić information content (AvgIpc) is 2.48. The van der Waals surface area contributed by atoms with Gasteiger partial charge in [-0.2, -0.15) is 0 Å². The molecule has 0 aromatic heterocycles. The number of primary amides is 1. The fourth-order valence-corrected chi connectivity index (χ4v) is 2.49. The van der Waals surface area contributed by atoms with Crippen molar-refractivity contribution in [1.29, 1.82) is 0 Å². The van der Waals surface area contributed by atoms with E-state index in [2.05, 4.69) is 40.6 Å². The number of nitrogens with zero attached hydrogens (tertiary/aromatic N) is 1. The lowest BCUT2D eigenvalue weighted by atomic mass is 9.99. The minimum absolute atomic E-state index is 0.306. The molecule has 0 spiro atoms. The molecular formula is C16H21N3O2. The third-order valence-electron chi connectivity index (χ3n) is 3.58. The van der Waals surface area contributed by atoms with Crippen molar-refractivity contribution in [3.05, 3.63) is 42.0 Å². The minimum Gasteiger partial charge on any atom is -0.351 e. The van der Waals surface area contributed by atoms with Gasteiger partial charge in [-0.1, -0.05) is 36.4 Å². The molecule has 1 heterocycles. The van der Waals surface area contributed by atoms with Crippen LogP contribution in [0, 0.1) is 0 Å². The molecule has 0 fully saturated rings. The van der Waals surface area contributed by atoms with E-state index in [9.17, 15) is 9.59 Å². The van der Waals surface area contributed by atoms with E-state index in [1.54, 1.807) is 0 Å². The van der Waals surface area contributed by atoms with Crippen molar-refractivity contribution in [2.24, 2.45) is 5.73 Å². The first-order valence-electron chi connectivity index (χ1n) is 7.21. The van der Waals surface area contributed by atoms with Gasteiger partial charge in [-0.05, 0) is 30.5 Å². The van der Waals surface area contributed by atoms with Gasteiger partial charge in [0.1, 0.15) is 0 Å². The number of hydrogen-bond donors (Lipinski definition) is 2. The summed E-state index contributed by atoms with van der Waals surface area (Å²) in [5.41, 5.74) is 7.57. The molecule has 0 unspecified atom stereocenters. The predicted molar refractivity (Wildman–Crippen MR) is 82.4 cm³/mol. The van der Waals surface area contributed by atoms with Crippen LogP contribution in [0.5, 0.6) is 0 Å². The summed E-state index contributed by atoms with van der Waals surface area (Å²) in [5.74, 6) is -0.306. The van der Waals surface area contributed by atoms with E-state index >= 15 is 0 Å². The van der Waals surface area contributed by atoms with E-state index in [0.717, 1.165) is 32.5 Å². The summed E-state index contributed by atoms with van der Waals surface area (Å²) in [7, 11) is 0. The fraction of sp³-hybridized carbons (Fsp3) is 0.375. The van der Waals surface area contributed by atoms with Crippen LogP contribution in [0.15, 0.2) is 36.4 Å². The fourth-order valence-electron chi connectivity index (χ4n) is 2.49. The standard InChI is InChI=1S/C16H21N3O2/c17-16(21)18-15(20)7-4-10-19-11-8-14(9-12-19)13-5-2-1-3-6-13/h1-3,5-6,8H,4,7,9-12H2,(H3,17,18,20,21). The van der Waals surface area contributed by atoms with Crippen LogP contribution in [0.3, 0.4) is 0 Å². The highest BCUT2D eigenvalue weighted by molar-refractivity contribution is 5.93. The van der Waals surface area contributed by atoms with Gasteiger partial charge in [-0.15, -0.1) is 0 Å². The number of benzene rings is 1. The Balaban J connectivity index is 1.73. The lowest BCUT2D eigenvalue weighted by Gasteiger charge is -2.26. The first-order valence-corrected chi connectivity index (χ1v) is 7.21. The normalized spacial score (nSPS) is 15.3. The van der Waals surface area contributed by atoms with Crippen molar-refractivity contribution < 1.29 is 9.59 Å². The molecule has 5 heteroatoms. The molecule has 0 radical (unpaired) electrons. The first-order chi connectivity index (χ1) is 10.1. The SMILES string of the molecule is NC(=O)NC(=O)CCCN1CC=C(c2ccccc2)CC1. The van der Waals surface area contributed by atoms with Crippen molar-refractivity contribution in [3.63, 3.8) is 0 Å². The highest BCUT2D eigenvalue weighted by Gasteiger charge is 2.13. The molecule has 112 valence electrons. The molecule has 1 aliphatic heterocycles. The Bertz CT molecular complexity index is 526. The lowest BCUT2D eigenvalue weighted by molar-refractivity contribution is -0.120. The molecule has 0 saturated carbocycles. The zero-order chi connectivity index (χ0) is 15.1. The van der Waals surface area contributed by atoms with Crippen LogP contribution >= 0.6 is 0 Å². The number of urea groups is 1. The Morgan fingerprint density at radius 2 is 2.00 bits per heavy atom. The Kier molecular flexibility index (Phi) is 5.51. The van der Waals surface area contributed by atoms with Gasteiger partial charge in [-0.3, -0.25) is 15.0 Å². The molecule has 3 N–H and O–H groups in total. The number of carbonyl (C=O) groups is 2. The first kappa shape index (κ1) is 15.3. The quantitative estimate of drug-likeness (QED) is 0.866. The van der Waals surface area contributed by atoms with Crippen molar-refractivity contribution in [1.82, 2.24) is 10.2 Å². The van der Waals surface area contributed by atoms with Gasteiger partial charge in [0.2, 0.25) is 5.91 Å². The van der Waals surface area contributed by atoms with Gasteiger partial charge in [0.25, 0.3) is 0 Å². The second-order valence-electron chi connectivity index (χ2n) is 5.16. The maximum atomic E-state index is 11.3. The summed E-state index contributed by atoms with van der Waals surface area (Å²) in [4.78, 5) is 24.1. The average molecular weight is 287 g/mol. The molecule has 5 nitrogen and oxygen atoms in total. The van der Waals surface area contributed by atoms with Gasteiger partial charge in [-0.25, -0.2) is 4.79 Å². The highest BCUT2D eigenvalue weighted by Crippen LogP contribution is 2.21. The molecule has 0 atom stereocenters. The van der Waals surface area contributed by atoms with Crippen LogP contribution < -0.4 is 11.1 Å². The van der Waals surface area contributed by atoms with E-state index in [4.69, 9.17) is 5.73 Å². The lowest BCUT2D eigenvalue weighted by Crippen LogP contribution is -2.35. The molecule has 21 heavy (non-hydrogen) atoms. The summed E-state index contributed by atoms with van der Waals surface area (Å²) >= 11 is 0. The van der Waals surface area contributed by atoms with E-state index in [1.807, 2.05) is 6.07 Å². The Labute approximate surface area is 124 Å². The van der Waals surface area contributed by atoms with Crippen molar-refractivity contribution in [2.45, 2.75) is 19.3 Å². The summed E-state index contributed by atoms with van der Waals surface area (Å²) in [6, 6.07) is 9.62. The van der Waals surface area contributed by atoms with Gasteiger partial charge < -0.3 is 5.73 Å².